The summed E-state index contributed by atoms with van der Waals surface area (Å²) in [7, 11) is 0. The van der Waals surface area contributed by atoms with Gasteiger partial charge in [0.15, 0.2) is 0 Å². The molecule has 1 aromatic heterocycles. The monoisotopic (exact) mass is 244 g/mol. The third kappa shape index (κ3) is 3.08. The van der Waals surface area contributed by atoms with Crippen molar-refractivity contribution in [2.24, 2.45) is 5.73 Å². The number of hydrogen-bond donors (Lipinski definition) is 1. The van der Waals surface area contributed by atoms with Gasteiger partial charge in [-0.1, -0.05) is 36.0 Å². The highest BCUT2D eigenvalue weighted by Crippen LogP contribution is 2.28. The molecule has 2 rings (SSSR count). The standard InChI is InChI=1S/C14H16N2S/c1-10-8-12(11(2)15)9-16-14(10)17-13-6-4-3-5-7-13/h3-9,11H,15H2,1-2H3. The molecule has 0 amide bonds. The number of benzene rings is 1. The summed E-state index contributed by atoms with van der Waals surface area (Å²) in [5.41, 5.74) is 8.10. The molecule has 2 aromatic rings. The minimum Gasteiger partial charge on any atom is -0.324 e. The Morgan fingerprint density at radius 2 is 1.94 bits per heavy atom. The van der Waals surface area contributed by atoms with E-state index >= 15 is 0 Å². The lowest BCUT2D eigenvalue weighted by Crippen LogP contribution is -2.06. The Bertz CT molecular complexity index is 495. The number of aryl methyl sites for hydroxylation is 1. The van der Waals surface area contributed by atoms with Crippen LogP contribution in [-0.2, 0) is 0 Å². The number of nitrogens with zero attached hydrogens (tertiary/aromatic N) is 1. The molecule has 0 radical (unpaired) electrons. The second-order valence-electron chi connectivity index (χ2n) is 4.09. The average Bonchev–Trinajstić information content (AvgIpc) is 2.33. The van der Waals surface area contributed by atoms with E-state index in [9.17, 15) is 0 Å². The lowest BCUT2D eigenvalue weighted by atomic mass is 10.1. The molecule has 0 aliphatic rings. The van der Waals surface area contributed by atoms with E-state index in [0.29, 0.717) is 0 Å². The van der Waals surface area contributed by atoms with Crippen molar-refractivity contribution >= 4 is 11.8 Å². The highest BCUT2D eigenvalue weighted by atomic mass is 32.2. The van der Waals surface area contributed by atoms with Crippen LogP contribution in [0.4, 0.5) is 0 Å². The lowest BCUT2D eigenvalue weighted by Gasteiger charge is -2.09. The topological polar surface area (TPSA) is 38.9 Å². The zero-order chi connectivity index (χ0) is 12.3. The molecule has 0 bridgehead atoms. The fourth-order valence-electron chi connectivity index (χ4n) is 1.54. The predicted molar refractivity (Wildman–Crippen MR) is 72.1 cm³/mol. The van der Waals surface area contributed by atoms with Crippen LogP contribution in [0.3, 0.4) is 0 Å². The summed E-state index contributed by atoms with van der Waals surface area (Å²) >= 11 is 1.68. The van der Waals surface area contributed by atoms with Gasteiger partial charge in [-0.15, -0.1) is 0 Å². The number of nitrogens with two attached hydrogens (primary N) is 1. The van der Waals surface area contributed by atoms with Crippen molar-refractivity contribution in [3.05, 3.63) is 53.7 Å². The molecule has 1 heterocycles. The van der Waals surface area contributed by atoms with E-state index in [1.165, 1.54) is 10.5 Å². The molecule has 2 nitrogen and oxygen atoms in total. The predicted octanol–water partition coefficient (Wildman–Crippen LogP) is 3.56. The zero-order valence-electron chi connectivity index (χ0n) is 10.1. The maximum atomic E-state index is 5.84. The molecule has 17 heavy (non-hydrogen) atoms. The Labute approximate surface area is 106 Å². The van der Waals surface area contributed by atoms with Gasteiger partial charge in [-0.3, -0.25) is 0 Å². The summed E-state index contributed by atoms with van der Waals surface area (Å²) in [5, 5.41) is 1.04. The molecule has 2 N–H and O–H groups in total. The normalized spacial score (nSPS) is 12.4. The Balaban J connectivity index is 2.23. The number of pyridine rings is 1. The molecule has 0 spiro atoms. The molecule has 1 atom stereocenters. The van der Waals surface area contributed by atoms with E-state index in [-0.39, 0.29) is 6.04 Å². The van der Waals surface area contributed by atoms with Gasteiger partial charge in [0, 0.05) is 17.1 Å². The molecule has 0 saturated heterocycles. The van der Waals surface area contributed by atoms with Crippen LogP contribution in [0, 0.1) is 6.92 Å². The van der Waals surface area contributed by atoms with Gasteiger partial charge in [0.05, 0.1) is 0 Å². The van der Waals surface area contributed by atoms with Gasteiger partial charge in [-0.25, -0.2) is 4.98 Å². The molecule has 0 saturated carbocycles. The van der Waals surface area contributed by atoms with E-state index in [1.807, 2.05) is 31.3 Å². The Hall–Kier alpha value is -1.32. The number of aromatic nitrogens is 1. The van der Waals surface area contributed by atoms with Gasteiger partial charge in [0.25, 0.3) is 0 Å². The molecule has 0 aliphatic carbocycles. The SMILES string of the molecule is Cc1cc(C(C)N)cnc1Sc1ccccc1. The van der Waals surface area contributed by atoms with Crippen LogP contribution in [0.25, 0.3) is 0 Å². The molecular formula is C14H16N2S. The lowest BCUT2D eigenvalue weighted by molar-refractivity contribution is 0.802. The number of rotatable bonds is 3. The zero-order valence-corrected chi connectivity index (χ0v) is 10.9. The summed E-state index contributed by atoms with van der Waals surface area (Å²) in [6.45, 7) is 4.05. The first-order valence-electron chi connectivity index (χ1n) is 5.62. The summed E-state index contributed by atoms with van der Waals surface area (Å²) in [5.74, 6) is 0. The van der Waals surface area contributed by atoms with E-state index in [1.54, 1.807) is 11.8 Å². The van der Waals surface area contributed by atoms with Crippen LogP contribution < -0.4 is 5.73 Å². The first kappa shape index (κ1) is 12.1. The van der Waals surface area contributed by atoms with Crippen LogP contribution in [0.15, 0.2) is 52.5 Å². The molecule has 88 valence electrons. The van der Waals surface area contributed by atoms with Gasteiger partial charge in [0.2, 0.25) is 0 Å². The maximum absolute atomic E-state index is 5.84. The Kier molecular flexibility index (Phi) is 3.82. The fraction of sp³-hybridized carbons (Fsp3) is 0.214. The van der Waals surface area contributed by atoms with Crippen LogP contribution in [0.5, 0.6) is 0 Å². The molecular weight excluding hydrogens is 228 g/mol. The first-order valence-corrected chi connectivity index (χ1v) is 6.43. The van der Waals surface area contributed by atoms with Gasteiger partial charge >= 0.3 is 0 Å². The van der Waals surface area contributed by atoms with Crippen molar-refractivity contribution in [3.8, 4) is 0 Å². The third-order valence-electron chi connectivity index (χ3n) is 2.53. The van der Waals surface area contributed by atoms with Crippen molar-refractivity contribution in [1.29, 1.82) is 0 Å². The van der Waals surface area contributed by atoms with Crippen molar-refractivity contribution in [2.75, 3.05) is 0 Å². The van der Waals surface area contributed by atoms with Crippen LogP contribution in [-0.4, -0.2) is 4.98 Å². The fourth-order valence-corrected chi connectivity index (χ4v) is 2.38. The van der Waals surface area contributed by atoms with E-state index in [0.717, 1.165) is 10.6 Å². The van der Waals surface area contributed by atoms with Gasteiger partial charge < -0.3 is 5.73 Å². The molecule has 3 heteroatoms. The maximum Gasteiger partial charge on any atom is 0.104 e. The second-order valence-corrected chi connectivity index (χ2v) is 5.16. The summed E-state index contributed by atoms with van der Waals surface area (Å²) in [4.78, 5) is 5.68. The second kappa shape index (κ2) is 5.34. The van der Waals surface area contributed by atoms with Gasteiger partial charge in [0.1, 0.15) is 5.03 Å². The summed E-state index contributed by atoms with van der Waals surface area (Å²) in [6.07, 6.45) is 1.86. The van der Waals surface area contributed by atoms with Crippen molar-refractivity contribution in [3.63, 3.8) is 0 Å². The highest BCUT2D eigenvalue weighted by molar-refractivity contribution is 7.99. The summed E-state index contributed by atoms with van der Waals surface area (Å²) < 4.78 is 0. The first-order chi connectivity index (χ1) is 8.16. The van der Waals surface area contributed by atoms with E-state index < -0.39 is 0 Å². The average molecular weight is 244 g/mol. The van der Waals surface area contributed by atoms with Crippen LogP contribution in [0.1, 0.15) is 24.1 Å². The third-order valence-corrected chi connectivity index (χ3v) is 3.66. The Morgan fingerprint density at radius 1 is 1.24 bits per heavy atom. The molecule has 0 fully saturated rings. The van der Waals surface area contributed by atoms with Crippen molar-refractivity contribution in [1.82, 2.24) is 4.98 Å². The van der Waals surface area contributed by atoms with Crippen LogP contribution in [0.2, 0.25) is 0 Å². The highest BCUT2D eigenvalue weighted by Gasteiger charge is 2.06. The number of hydrogen-bond acceptors (Lipinski definition) is 3. The largest absolute Gasteiger partial charge is 0.324 e. The molecule has 1 unspecified atom stereocenters. The van der Waals surface area contributed by atoms with Crippen molar-refractivity contribution < 1.29 is 0 Å². The van der Waals surface area contributed by atoms with E-state index in [2.05, 4.69) is 30.1 Å². The Morgan fingerprint density at radius 3 is 2.53 bits per heavy atom. The minimum absolute atomic E-state index is 0.0389. The van der Waals surface area contributed by atoms with Crippen molar-refractivity contribution in [2.45, 2.75) is 29.8 Å². The summed E-state index contributed by atoms with van der Waals surface area (Å²) in [6, 6.07) is 12.4. The van der Waals surface area contributed by atoms with Crippen LogP contribution >= 0.6 is 11.8 Å². The quantitative estimate of drug-likeness (QED) is 0.897. The van der Waals surface area contributed by atoms with Gasteiger partial charge in [-0.2, -0.15) is 0 Å². The minimum atomic E-state index is 0.0389. The molecule has 0 aliphatic heterocycles. The molecule has 1 aromatic carbocycles. The van der Waals surface area contributed by atoms with Gasteiger partial charge in [-0.05, 0) is 37.1 Å². The smallest absolute Gasteiger partial charge is 0.104 e. The van der Waals surface area contributed by atoms with E-state index in [4.69, 9.17) is 5.73 Å².